The fraction of sp³-hybridized carbons (Fsp3) is 0.133. The molecule has 0 heterocycles. The van der Waals surface area contributed by atoms with Gasteiger partial charge in [-0.05, 0) is 42.3 Å². The average molecular weight is 308 g/mol. The van der Waals surface area contributed by atoms with Crippen LogP contribution in [0.2, 0.25) is 5.02 Å². The maximum Gasteiger partial charge on any atom is 0.253 e. The standard InChI is InChI=1S/C15H15ClFN3O/c16-11-4-5-14(20-18)13(9-11)15(21)19-7-6-10-2-1-3-12(17)8-10/h1-5,8-9,20H,6-7,18H2,(H,19,21). The molecule has 21 heavy (non-hydrogen) atoms. The van der Waals surface area contributed by atoms with Crippen molar-refractivity contribution in [3.63, 3.8) is 0 Å². The van der Waals surface area contributed by atoms with Crippen LogP contribution in [0.15, 0.2) is 42.5 Å². The van der Waals surface area contributed by atoms with E-state index in [0.29, 0.717) is 29.2 Å². The van der Waals surface area contributed by atoms with E-state index < -0.39 is 0 Å². The summed E-state index contributed by atoms with van der Waals surface area (Å²) in [6, 6.07) is 11.1. The highest BCUT2D eigenvalue weighted by molar-refractivity contribution is 6.31. The number of amides is 1. The van der Waals surface area contributed by atoms with Crippen molar-refractivity contribution in [1.82, 2.24) is 5.32 Å². The molecule has 0 radical (unpaired) electrons. The lowest BCUT2D eigenvalue weighted by molar-refractivity contribution is 0.0955. The zero-order valence-corrected chi connectivity index (χ0v) is 12.0. The number of rotatable bonds is 5. The molecule has 0 saturated carbocycles. The highest BCUT2D eigenvalue weighted by Crippen LogP contribution is 2.19. The third-order valence-electron chi connectivity index (χ3n) is 2.97. The van der Waals surface area contributed by atoms with Crippen molar-refractivity contribution in [2.75, 3.05) is 12.0 Å². The maximum atomic E-state index is 13.0. The summed E-state index contributed by atoms with van der Waals surface area (Å²) >= 11 is 5.87. The summed E-state index contributed by atoms with van der Waals surface area (Å²) in [5.74, 6) is 4.78. The van der Waals surface area contributed by atoms with Crippen LogP contribution >= 0.6 is 11.6 Å². The van der Waals surface area contributed by atoms with E-state index in [-0.39, 0.29) is 11.7 Å². The van der Waals surface area contributed by atoms with E-state index in [1.165, 1.54) is 18.2 Å². The molecule has 6 heteroatoms. The molecule has 0 unspecified atom stereocenters. The van der Waals surface area contributed by atoms with Crippen LogP contribution in [0.25, 0.3) is 0 Å². The number of benzene rings is 2. The van der Waals surface area contributed by atoms with Crippen molar-refractivity contribution in [3.05, 3.63) is 64.4 Å². The largest absolute Gasteiger partial charge is 0.352 e. The minimum Gasteiger partial charge on any atom is -0.352 e. The second-order valence-electron chi connectivity index (χ2n) is 4.47. The monoisotopic (exact) mass is 307 g/mol. The topological polar surface area (TPSA) is 67.1 Å². The third kappa shape index (κ3) is 4.18. The Labute approximate surface area is 127 Å². The van der Waals surface area contributed by atoms with Gasteiger partial charge in [-0.25, -0.2) is 4.39 Å². The van der Waals surface area contributed by atoms with Gasteiger partial charge in [-0.3, -0.25) is 10.6 Å². The van der Waals surface area contributed by atoms with Crippen LogP contribution in [0.4, 0.5) is 10.1 Å². The van der Waals surface area contributed by atoms with Crippen molar-refractivity contribution in [1.29, 1.82) is 0 Å². The normalized spacial score (nSPS) is 10.2. The van der Waals surface area contributed by atoms with Gasteiger partial charge in [-0.2, -0.15) is 0 Å². The molecule has 1 amide bonds. The Bertz CT molecular complexity index is 649. The number of nitrogens with two attached hydrogens (primary N) is 1. The van der Waals surface area contributed by atoms with Crippen LogP contribution in [-0.4, -0.2) is 12.5 Å². The van der Waals surface area contributed by atoms with Gasteiger partial charge in [0, 0.05) is 11.6 Å². The molecular formula is C15H15ClFN3O. The Kier molecular flexibility index (Phi) is 5.14. The predicted octanol–water partition coefficient (Wildman–Crippen LogP) is 2.74. The number of hydrogen-bond acceptors (Lipinski definition) is 3. The molecule has 0 atom stereocenters. The molecule has 4 nitrogen and oxygen atoms in total. The Morgan fingerprint density at radius 2 is 2.05 bits per heavy atom. The van der Waals surface area contributed by atoms with E-state index in [4.69, 9.17) is 17.4 Å². The highest BCUT2D eigenvalue weighted by Gasteiger charge is 2.11. The summed E-state index contributed by atoms with van der Waals surface area (Å²) in [6.07, 6.45) is 0.537. The van der Waals surface area contributed by atoms with E-state index in [1.807, 2.05) is 6.07 Å². The molecule has 0 aliphatic rings. The van der Waals surface area contributed by atoms with Gasteiger partial charge in [0.1, 0.15) is 5.82 Å². The first-order chi connectivity index (χ1) is 10.1. The first kappa shape index (κ1) is 15.3. The fourth-order valence-electron chi connectivity index (χ4n) is 1.94. The molecule has 110 valence electrons. The molecule has 0 aromatic heterocycles. The van der Waals surface area contributed by atoms with E-state index in [0.717, 1.165) is 5.56 Å². The number of anilines is 1. The summed E-state index contributed by atoms with van der Waals surface area (Å²) < 4.78 is 13.0. The minimum atomic E-state index is -0.290. The summed E-state index contributed by atoms with van der Waals surface area (Å²) in [6.45, 7) is 0.388. The Balaban J connectivity index is 1.97. The summed E-state index contributed by atoms with van der Waals surface area (Å²) in [7, 11) is 0. The van der Waals surface area contributed by atoms with E-state index in [9.17, 15) is 9.18 Å². The first-order valence-corrected chi connectivity index (χ1v) is 6.77. The molecule has 0 spiro atoms. The second kappa shape index (κ2) is 7.06. The van der Waals surface area contributed by atoms with Gasteiger partial charge in [-0.1, -0.05) is 23.7 Å². The number of carbonyl (C=O) groups excluding carboxylic acids is 1. The molecule has 0 aliphatic heterocycles. The van der Waals surface area contributed by atoms with Crippen molar-refractivity contribution < 1.29 is 9.18 Å². The molecule has 0 bridgehead atoms. The zero-order valence-electron chi connectivity index (χ0n) is 11.2. The van der Waals surface area contributed by atoms with Crippen molar-refractivity contribution in [3.8, 4) is 0 Å². The van der Waals surface area contributed by atoms with Gasteiger partial charge < -0.3 is 10.7 Å². The van der Waals surface area contributed by atoms with Crippen LogP contribution in [-0.2, 0) is 6.42 Å². The summed E-state index contributed by atoms with van der Waals surface area (Å²) in [5, 5.41) is 3.20. The average Bonchev–Trinajstić information content (AvgIpc) is 2.47. The molecular weight excluding hydrogens is 293 g/mol. The van der Waals surface area contributed by atoms with Gasteiger partial charge in [0.2, 0.25) is 0 Å². The van der Waals surface area contributed by atoms with Crippen LogP contribution in [0.1, 0.15) is 15.9 Å². The van der Waals surface area contributed by atoms with E-state index >= 15 is 0 Å². The van der Waals surface area contributed by atoms with Crippen LogP contribution < -0.4 is 16.6 Å². The van der Waals surface area contributed by atoms with Gasteiger partial charge >= 0.3 is 0 Å². The number of nitrogens with one attached hydrogen (secondary N) is 2. The van der Waals surface area contributed by atoms with Gasteiger partial charge in [-0.15, -0.1) is 0 Å². The summed E-state index contributed by atoms with van der Waals surface area (Å²) in [5.41, 5.74) is 4.12. The van der Waals surface area contributed by atoms with Gasteiger partial charge in [0.15, 0.2) is 0 Å². The number of hydrazine groups is 1. The molecule has 2 aromatic rings. The molecule has 2 aromatic carbocycles. The number of carbonyl (C=O) groups is 1. The second-order valence-corrected chi connectivity index (χ2v) is 4.91. The van der Waals surface area contributed by atoms with Gasteiger partial charge in [0.05, 0.1) is 11.3 Å². The molecule has 0 fully saturated rings. The lowest BCUT2D eigenvalue weighted by Gasteiger charge is -2.10. The fourth-order valence-corrected chi connectivity index (χ4v) is 2.11. The smallest absolute Gasteiger partial charge is 0.253 e. The molecule has 2 rings (SSSR count). The van der Waals surface area contributed by atoms with Crippen LogP contribution in [0, 0.1) is 5.82 Å². The Morgan fingerprint density at radius 1 is 1.24 bits per heavy atom. The van der Waals surface area contributed by atoms with Crippen molar-refractivity contribution >= 4 is 23.2 Å². The SMILES string of the molecule is NNc1ccc(Cl)cc1C(=O)NCCc1cccc(F)c1. The van der Waals surface area contributed by atoms with Crippen molar-refractivity contribution in [2.45, 2.75) is 6.42 Å². The van der Waals surface area contributed by atoms with Gasteiger partial charge in [0.25, 0.3) is 5.91 Å². The first-order valence-electron chi connectivity index (χ1n) is 6.39. The molecule has 4 N–H and O–H groups in total. The van der Waals surface area contributed by atoms with Crippen molar-refractivity contribution in [2.24, 2.45) is 5.84 Å². The van der Waals surface area contributed by atoms with E-state index in [2.05, 4.69) is 10.7 Å². The Morgan fingerprint density at radius 3 is 2.76 bits per heavy atom. The zero-order chi connectivity index (χ0) is 15.2. The number of halogens is 2. The quantitative estimate of drug-likeness (QED) is 0.588. The Hall–Kier alpha value is -2.11. The third-order valence-corrected chi connectivity index (χ3v) is 3.21. The maximum absolute atomic E-state index is 13.0. The lowest BCUT2D eigenvalue weighted by Crippen LogP contribution is -2.27. The number of hydrogen-bond donors (Lipinski definition) is 3. The van der Waals surface area contributed by atoms with E-state index in [1.54, 1.807) is 18.2 Å². The van der Waals surface area contributed by atoms with Crippen LogP contribution in [0.3, 0.4) is 0 Å². The molecule has 0 aliphatic carbocycles. The number of nitrogen functional groups attached to an aromatic ring is 1. The molecule has 0 saturated heterocycles. The lowest BCUT2D eigenvalue weighted by atomic mass is 10.1. The predicted molar refractivity (Wildman–Crippen MR) is 81.7 cm³/mol. The minimum absolute atomic E-state index is 0.289. The van der Waals surface area contributed by atoms with Crippen LogP contribution in [0.5, 0.6) is 0 Å². The summed E-state index contributed by atoms with van der Waals surface area (Å²) in [4.78, 5) is 12.1. The highest BCUT2D eigenvalue weighted by atomic mass is 35.5.